The number of H-pyrrole nitrogens is 2. The molecule has 0 saturated carbocycles. The molecule has 3 amide bonds. The monoisotopic (exact) mass is 406 g/mol. The van der Waals surface area contributed by atoms with Crippen molar-refractivity contribution in [2.75, 3.05) is 0 Å². The second kappa shape index (κ2) is 9.98. The van der Waals surface area contributed by atoms with Crippen molar-refractivity contribution in [3.05, 3.63) is 36.4 Å². The molecule has 3 atom stereocenters. The predicted octanol–water partition coefficient (Wildman–Crippen LogP) is -2.83. The summed E-state index contributed by atoms with van der Waals surface area (Å²) in [6.07, 6.45) is 5.23. The average Bonchev–Trinajstić information content (AvgIpc) is 3.33. The van der Waals surface area contributed by atoms with Gasteiger partial charge in [0, 0.05) is 36.6 Å². The van der Waals surface area contributed by atoms with Gasteiger partial charge in [-0.15, -0.1) is 0 Å². The summed E-state index contributed by atoms with van der Waals surface area (Å²) >= 11 is 0. The lowest BCUT2D eigenvalue weighted by atomic mass is 10.1. The number of aliphatic carboxylic acids is 1. The zero-order valence-electron chi connectivity index (χ0n) is 15.3. The van der Waals surface area contributed by atoms with Crippen LogP contribution in [-0.2, 0) is 32.0 Å². The van der Waals surface area contributed by atoms with Crippen molar-refractivity contribution in [3.63, 3.8) is 0 Å². The highest BCUT2D eigenvalue weighted by Gasteiger charge is 2.29. The van der Waals surface area contributed by atoms with Crippen molar-refractivity contribution in [2.45, 2.75) is 37.4 Å². The minimum Gasteiger partial charge on any atom is -0.480 e. The number of imidazole rings is 2. The second-order valence-electron chi connectivity index (χ2n) is 6.30. The number of aromatic amines is 2. The fourth-order valence-corrected chi connectivity index (χ4v) is 2.50. The van der Waals surface area contributed by atoms with Gasteiger partial charge in [0.25, 0.3) is 0 Å². The normalized spacial score (nSPS) is 13.8. The fourth-order valence-electron chi connectivity index (χ4n) is 2.50. The minimum absolute atomic E-state index is 0.00272. The van der Waals surface area contributed by atoms with Crippen LogP contribution >= 0.6 is 0 Å². The summed E-state index contributed by atoms with van der Waals surface area (Å²) in [5.74, 6) is -3.55. The molecule has 0 spiro atoms. The van der Waals surface area contributed by atoms with Gasteiger partial charge < -0.3 is 37.2 Å². The van der Waals surface area contributed by atoms with Gasteiger partial charge in [-0.2, -0.15) is 0 Å². The molecule has 2 aromatic rings. The number of rotatable bonds is 11. The van der Waals surface area contributed by atoms with E-state index in [1.54, 1.807) is 0 Å². The van der Waals surface area contributed by atoms with Crippen molar-refractivity contribution in [1.29, 1.82) is 0 Å². The quantitative estimate of drug-likeness (QED) is 0.205. The molecule has 0 aliphatic heterocycles. The number of primary amides is 1. The zero-order valence-corrected chi connectivity index (χ0v) is 15.3. The highest BCUT2D eigenvalue weighted by atomic mass is 16.4. The van der Waals surface area contributed by atoms with E-state index in [4.69, 9.17) is 11.5 Å². The van der Waals surface area contributed by atoms with E-state index in [1.807, 2.05) is 0 Å². The van der Waals surface area contributed by atoms with Crippen LogP contribution in [0.2, 0.25) is 0 Å². The summed E-state index contributed by atoms with van der Waals surface area (Å²) in [4.78, 5) is 60.6. The standard InChI is InChI=1S/C16H22N8O5/c17-10(3-13(18)25)14(26)23-11(1-8-4-19-6-21-8)15(27)24-12(16(28)29)2-9-5-20-7-22-9/h4-7,10-12H,1-3,17H2,(H2,18,25)(H,19,21)(H,20,22)(H,23,26)(H,24,27)(H,28,29). The predicted molar refractivity (Wildman–Crippen MR) is 97.9 cm³/mol. The van der Waals surface area contributed by atoms with Crippen molar-refractivity contribution >= 4 is 23.7 Å². The summed E-state index contributed by atoms with van der Waals surface area (Å²) in [6.45, 7) is 0. The third kappa shape index (κ3) is 6.73. The number of nitrogens with two attached hydrogens (primary N) is 2. The lowest BCUT2D eigenvalue weighted by Crippen LogP contribution is -2.56. The van der Waals surface area contributed by atoms with Gasteiger partial charge in [-0.3, -0.25) is 14.4 Å². The van der Waals surface area contributed by atoms with Crippen molar-refractivity contribution in [2.24, 2.45) is 11.5 Å². The Morgan fingerprint density at radius 3 is 1.93 bits per heavy atom. The molecule has 29 heavy (non-hydrogen) atoms. The molecule has 0 aromatic carbocycles. The average molecular weight is 406 g/mol. The maximum absolute atomic E-state index is 12.7. The van der Waals surface area contributed by atoms with E-state index < -0.39 is 48.2 Å². The topological polar surface area (TPSA) is 222 Å². The van der Waals surface area contributed by atoms with Gasteiger partial charge in [-0.1, -0.05) is 0 Å². The Balaban J connectivity index is 2.10. The molecule has 2 heterocycles. The van der Waals surface area contributed by atoms with E-state index >= 15 is 0 Å². The Labute approximate surface area is 164 Å². The van der Waals surface area contributed by atoms with Gasteiger partial charge in [0.1, 0.15) is 12.1 Å². The SMILES string of the molecule is NC(=O)CC(N)C(=O)NC(Cc1cnc[nH]1)C(=O)NC(Cc1cnc[nH]1)C(=O)O. The highest BCUT2D eigenvalue weighted by Crippen LogP contribution is 2.04. The maximum atomic E-state index is 12.7. The molecule has 0 bridgehead atoms. The number of carbonyl (C=O) groups is 4. The third-order valence-corrected chi connectivity index (χ3v) is 3.96. The van der Waals surface area contributed by atoms with Gasteiger partial charge in [-0.05, 0) is 0 Å². The van der Waals surface area contributed by atoms with Crippen molar-refractivity contribution in [1.82, 2.24) is 30.6 Å². The number of nitrogens with one attached hydrogen (secondary N) is 4. The summed E-state index contributed by atoms with van der Waals surface area (Å²) in [7, 11) is 0. The van der Waals surface area contributed by atoms with E-state index in [2.05, 4.69) is 30.6 Å². The van der Waals surface area contributed by atoms with Crippen LogP contribution < -0.4 is 22.1 Å². The molecule has 0 aliphatic carbocycles. The molecule has 3 unspecified atom stereocenters. The summed E-state index contributed by atoms with van der Waals surface area (Å²) in [5.41, 5.74) is 11.7. The zero-order chi connectivity index (χ0) is 21.4. The molecule has 2 rings (SSSR count). The first kappa shape index (κ1) is 21.6. The molecule has 9 N–H and O–H groups in total. The first-order valence-corrected chi connectivity index (χ1v) is 8.58. The summed E-state index contributed by atoms with van der Waals surface area (Å²) < 4.78 is 0. The van der Waals surface area contributed by atoms with Crippen LogP contribution in [0.3, 0.4) is 0 Å². The second-order valence-corrected chi connectivity index (χ2v) is 6.30. The van der Waals surface area contributed by atoms with E-state index in [0.717, 1.165) is 0 Å². The van der Waals surface area contributed by atoms with Gasteiger partial charge >= 0.3 is 5.97 Å². The fraction of sp³-hybridized carbons (Fsp3) is 0.375. The molecule has 0 aliphatic rings. The number of amides is 3. The molecule has 156 valence electrons. The lowest BCUT2D eigenvalue weighted by Gasteiger charge is -2.22. The van der Waals surface area contributed by atoms with Crippen LogP contribution in [0.5, 0.6) is 0 Å². The number of nitrogens with zero attached hydrogens (tertiary/aromatic N) is 2. The van der Waals surface area contributed by atoms with Crippen LogP contribution in [0.1, 0.15) is 17.8 Å². The van der Waals surface area contributed by atoms with E-state index in [-0.39, 0.29) is 12.8 Å². The molecule has 0 fully saturated rings. The van der Waals surface area contributed by atoms with Crippen LogP contribution in [0.4, 0.5) is 0 Å². The molecule has 13 nitrogen and oxygen atoms in total. The highest BCUT2D eigenvalue weighted by molar-refractivity contribution is 5.93. The Hall–Kier alpha value is -3.74. The van der Waals surface area contributed by atoms with E-state index in [1.165, 1.54) is 25.0 Å². The number of aromatic nitrogens is 4. The molecular weight excluding hydrogens is 384 g/mol. The maximum Gasteiger partial charge on any atom is 0.326 e. The van der Waals surface area contributed by atoms with Gasteiger partial charge in [0.2, 0.25) is 17.7 Å². The Morgan fingerprint density at radius 2 is 1.48 bits per heavy atom. The third-order valence-electron chi connectivity index (χ3n) is 3.96. The Morgan fingerprint density at radius 1 is 0.966 bits per heavy atom. The minimum atomic E-state index is -1.26. The molecular formula is C16H22N8O5. The molecule has 13 heteroatoms. The van der Waals surface area contributed by atoms with Gasteiger partial charge in [-0.25, -0.2) is 14.8 Å². The first-order valence-electron chi connectivity index (χ1n) is 8.58. The van der Waals surface area contributed by atoms with Crippen LogP contribution in [0.15, 0.2) is 25.0 Å². The summed E-state index contributed by atoms with van der Waals surface area (Å²) in [6, 6.07) is -3.67. The van der Waals surface area contributed by atoms with Gasteiger partial charge in [0.15, 0.2) is 0 Å². The number of hydrogen-bond acceptors (Lipinski definition) is 7. The number of carboxylic acids is 1. The Kier molecular flexibility index (Phi) is 7.42. The molecule has 0 radical (unpaired) electrons. The van der Waals surface area contributed by atoms with Crippen molar-refractivity contribution in [3.8, 4) is 0 Å². The number of carbonyl (C=O) groups excluding carboxylic acids is 3. The molecule has 0 saturated heterocycles. The first-order chi connectivity index (χ1) is 13.8. The van der Waals surface area contributed by atoms with Crippen molar-refractivity contribution < 1.29 is 24.3 Å². The van der Waals surface area contributed by atoms with E-state index in [0.29, 0.717) is 11.4 Å². The van der Waals surface area contributed by atoms with E-state index in [9.17, 15) is 24.3 Å². The van der Waals surface area contributed by atoms with Crippen LogP contribution in [0, 0.1) is 0 Å². The smallest absolute Gasteiger partial charge is 0.326 e. The largest absolute Gasteiger partial charge is 0.480 e. The molecule has 2 aromatic heterocycles. The lowest BCUT2D eigenvalue weighted by molar-refractivity contribution is -0.142. The van der Waals surface area contributed by atoms with Gasteiger partial charge in [0.05, 0.1) is 25.1 Å². The summed E-state index contributed by atoms with van der Waals surface area (Å²) in [5, 5.41) is 14.2. The number of hydrogen-bond donors (Lipinski definition) is 7. The number of carboxylic acid groups (broad SMARTS) is 1. The Bertz CT molecular complexity index is 836. The van der Waals surface area contributed by atoms with Crippen LogP contribution in [0.25, 0.3) is 0 Å². The van der Waals surface area contributed by atoms with Crippen LogP contribution in [-0.4, -0.2) is 66.9 Å².